The summed E-state index contributed by atoms with van der Waals surface area (Å²) in [7, 11) is 0. The summed E-state index contributed by atoms with van der Waals surface area (Å²) in [5, 5.41) is 12.8. The average Bonchev–Trinajstić information content (AvgIpc) is 2.97. The van der Waals surface area contributed by atoms with E-state index in [1.54, 1.807) is 0 Å². The number of hydrogen-bond acceptors (Lipinski definition) is 3. The average molecular weight is 339 g/mol. The fourth-order valence-corrected chi connectivity index (χ4v) is 3.75. The van der Waals surface area contributed by atoms with Crippen LogP contribution in [0.1, 0.15) is 36.4 Å². The first-order valence-corrected chi connectivity index (χ1v) is 8.62. The van der Waals surface area contributed by atoms with Crippen molar-refractivity contribution in [2.24, 2.45) is 0 Å². The van der Waals surface area contributed by atoms with Crippen molar-refractivity contribution >= 4 is 17.6 Å². The first kappa shape index (κ1) is 16.6. The van der Waals surface area contributed by atoms with E-state index in [0.717, 1.165) is 48.4 Å². The van der Waals surface area contributed by atoms with Crippen LogP contribution in [0, 0.1) is 0 Å². The van der Waals surface area contributed by atoms with Crippen molar-refractivity contribution in [1.82, 2.24) is 10.2 Å². The lowest BCUT2D eigenvalue weighted by atomic mass is 10.1. The third-order valence-corrected chi connectivity index (χ3v) is 4.98. The van der Waals surface area contributed by atoms with Crippen LogP contribution in [0.15, 0.2) is 18.2 Å². The molecule has 0 spiro atoms. The molecule has 5 nitrogen and oxygen atoms in total. The lowest BCUT2D eigenvalue weighted by Crippen LogP contribution is -2.48. The molecule has 3 rings (SSSR count). The number of ether oxygens (including phenoxy) is 1. The summed E-state index contributed by atoms with van der Waals surface area (Å²) in [5.41, 5.74) is 2.29. The van der Waals surface area contributed by atoms with Gasteiger partial charge in [0.15, 0.2) is 0 Å². The largest absolute Gasteiger partial charge is 0.394 e. The van der Waals surface area contributed by atoms with Crippen molar-refractivity contribution in [3.8, 4) is 0 Å². The van der Waals surface area contributed by atoms with Crippen LogP contribution in [0.4, 0.5) is 4.79 Å². The Balaban J connectivity index is 1.59. The Morgan fingerprint density at radius 1 is 1.43 bits per heavy atom. The number of likely N-dealkylation sites (tertiary alicyclic amines) is 1. The van der Waals surface area contributed by atoms with Crippen molar-refractivity contribution < 1.29 is 14.6 Å². The molecule has 2 unspecified atom stereocenters. The molecule has 0 aromatic heterocycles. The summed E-state index contributed by atoms with van der Waals surface area (Å²) in [5.74, 6) is 0. The topological polar surface area (TPSA) is 61.8 Å². The Morgan fingerprint density at radius 3 is 3.13 bits per heavy atom. The number of carbonyl (C=O) groups is 1. The molecule has 1 aliphatic heterocycles. The number of urea groups is 1. The first-order valence-electron chi connectivity index (χ1n) is 8.24. The third-order valence-electron chi connectivity index (χ3n) is 4.62. The van der Waals surface area contributed by atoms with Gasteiger partial charge < -0.3 is 20.1 Å². The van der Waals surface area contributed by atoms with Gasteiger partial charge in [-0.25, -0.2) is 4.79 Å². The zero-order chi connectivity index (χ0) is 16.2. The van der Waals surface area contributed by atoms with Gasteiger partial charge in [0.2, 0.25) is 0 Å². The predicted octanol–water partition coefficient (Wildman–Crippen LogP) is 2.51. The maximum absolute atomic E-state index is 12.5. The molecule has 2 amide bonds. The number of piperidine rings is 1. The summed E-state index contributed by atoms with van der Waals surface area (Å²) in [6, 6.07) is 5.88. The molecule has 1 saturated heterocycles. The maximum Gasteiger partial charge on any atom is 0.317 e. The van der Waals surface area contributed by atoms with E-state index in [9.17, 15) is 4.79 Å². The van der Waals surface area contributed by atoms with Crippen molar-refractivity contribution in [2.75, 3.05) is 26.3 Å². The van der Waals surface area contributed by atoms with Crippen LogP contribution in [-0.2, 0) is 11.2 Å². The van der Waals surface area contributed by atoms with Gasteiger partial charge in [-0.3, -0.25) is 0 Å². The van der Waals surface area contributed by atoms with E-state index >= 15 is 0 Å². The number of nitrogens with zero attached hydrogens (tertiary/aromatic N) is 1. The van der Waals surface area contributed by atoms with Crippen LogP contribution in [0.5, 0.6) is 0 Å². The lowest BCUT2D eigenvalue weighted by molar-refractivity contribution is -0.00600. The summed E-state index contributed by atoms with van der Waals surface area (Å²) >= 11 is 6.23. The normalized spacial score (nSPS) is 23.7. The van der Waals surface area contributed by atoms with Crippen LogP contribution in [0.2, 0.25) is 5.02 Å². The molecule has 2 N–H and O–H groups in total. The second-order valence-corrected chi connectivity index (χ2v) is 6.56. The Hall–Kier alpha value is -1.30. The molecule has 1 aromatic carbocycles. The van der Waals surface area contributed by atoms with Gasteiger partial charge >= 0.3 is 6.03 Å². The monoisotopic (exact) mass is 338 g/mol. The third kappa shape index (κ3) is 3.79. The lowest BCUT2D eigenvalue weighted by Gasteiger charge is -2.33. The van der Waals surface area contributed by atoms with E-state index in [1.165, 1.54) is 0 Å². The van der Waals surface area contributed by atoms with Gasteiger partial charge in [0.25, 0.3) is 0 Å². The van der Waals surface area contributed by atoms with Gasteiger partial charge in [0.1, 0.15) is 0 Å². The van der Waals surface area contributed by atoms with Crippen LogP contribution in [0.3, 0.4) is 0 Å². The van der Waals surface area contributed by atoms with Gasteiger partial charge in [-0.15, -0.1) is 0 Å². The minimum absolute atomic E-state index is 0.0162. The minimum Gasteiger partial charge on any atom is -0.394 e. The molecule has 0 bridgehead atoms. The fraction of sp³-hybridized carbons (Fsp3) is 0.588. The van der Waals surface area contributed by atoms with Crippen LogP contribution < -0.4 is 5.32 Å². The SMILES string of the molecule is O=C(NC1CCc2c(Cl)cccc21)N1CCCC(OCCO)C1. The first-order chi connectivity index (χ1) is 11.2. The van der Waals surface area contributed by atoms with Crippen molar-refractivity contribution in [3.05, 3.63) is 34.3 Å². The van der Waals surface area contributed by atoms with Crippen LogP contribution >= 0.6 is 11.6 Å². The molecule has 0 radical (unpaired) electrons. The van der Waals surface area contributed by atoms with Crippen LogP contribution in [-0.4, -0.2) is 48.4 Å². The number of fused-ring (bicyclic) bond motifs is 1. The van der Waals surface area contributed by atoms with E-state index in [1.807, 2.05) is 23.1 Å². The van der Waals surface area contributed by atoms with Crippen molar-refractivity contribution in [2.45, 2.75) is 37.8 Å². The smallest absolute Gasteiger partial charge is 0.317 e. The molecule has 2 aliphatic rings. The summed E-state index contributed by atoms with van der Waals surface area (Å²) in [4.78, 5) is 14.4. The Labute approximate surface area is 141 Å². The minimum atomic E-state index is -0.0416. The van der Waals surface area contributed by atoms with Crippen LogP contribution in [0.25, 0.3) is 0 Å². The van der Waals surface area contributed by atoms with Gasteiger partial charge in [0.05, 0.1) is 25.4 Å². The zero-order valence-electron chi connectivity index (χ0n) is 13.1. The molecular weight excluding hydrogens is 316 g/mol. The summed E-state index contributed by atoms with van der Waals surface area (Å²) < 4.78 is 5.57. The Kier molecular flexibility index (Phi) is 5.41. The second-order valence-electron chi connectivity index (χ2n) is 6.15. The molecule has 1 aliphatic carbocycles. The van der Waals surface area contributed by atoms with Gasteiger partial charge in [-0.1, -0.05) is 23.7 Å². The number of rotatable bonds is 4. The maximum atomic E-state index is 12.5. The quantitative estimate of drug-likeness (QED) is 0.886. The highest BCUT2D eigenvalue weighted by Crippen LogP contribution is 2.35. The fourth-order valence-electron chi connectivity index (χ4n) is 3.48. The molecule has 0 saturated carbocycles. The standard InChI is InChI=1S/C17H23ClN2O3/c18-15-5-1-4-14-13(15)6-7-16(14)19-17(22)20-8-2-3-12(11-20)23-10-9-21/h1,4-5,12,16,21H,2-3,6-11H2,(H,19,22). The number of aliphatic hydroxyl groups is 1. The van der Waals surface area contributed by atoms with Crippen molar-refractivity contribution in [1.29, 1.82) is 0 Å². The number of carbonyl (C=O) groups excluding carboxylic acids is 1. The number of benzene rings is 1. The Bertz CT molecular complexity index is 567. The summed E-state index contributed by atoms with van der Waals surface area (Å²) in [6.07, 6.45) is 3.68. The van der Waals surface area contributed by atoms with Crippen molar-refractivity contribution in [3.63, 3.8) is 0 Å². The van der Waals surface area contributed by atoms with E-state index in [4.69, 9.17) is 21.4 Å². The number of aliphatic hydroxyl groups excluding tert-OH is 1. The highest BCUT2D eigenvalue weighted by molar-refractivity contribution is 6.31. The highest BCUT2D eigenvalue weighted by atomic mass is 35.5. The molecule has 2 atom stereocenters. The molecule has 1 aromatic rings. The van der Waals surface area contributed by atoms with Gasteiger partial charge in [0, 0.05) is 18.1 Å². The molecule has 6 heteroatoms. The molecule has 23 heavy (non-hydrogen) atoms. The number of hydrogen-bond donors (Lipinski definition) is 2. The molecule has 1 heterocycles. The second kappa shape index (κ2) is 7.51. The molecule has 126 valence electrons. The van der Waals surface area contributed by atoms with E-state index in [-0.39, 0.29) is 24.8 Å². The number of amides is 2. The summed E-state index contributed by atoms with van der Waals surface area (Å²) in [6.45, 7) is 1.68. The number of nitrogens with one attached hydrogen (secondary N) is 1. The zero-order valence-corrected chi connectivity index (χ0v) is 13.9. The predicted molar refractivity (Wildman–Crippen MR) is 88.7 cm³/mol. The molecular formula is C17H23ClN2O3. The van der Waals surface area contributed by atoms with E-state index < -0.39 is 0 Å². The highest BCUT2D eigenvalue weighted by Gasteiger charge is 2.29. The molecule has 1 fully saturated rings. The van der Waals surface area contributed by atoms with E-state index in [2.05, 4.69) is 5.32 Å². The van der Waals surface area contributed by atoms with Gasteiger partial charge in [-0.2, -0.15) is 0 Å². The number of halogens is 1. The van der Waals surface area contributed by atoms with E-state index in [0.29, 0.717) is 13.2 Å². The van der Waals surface area contributed by atoms with Gasteiger partial charge in [-0.05, 0) is 42.9 Å². The Morgan fingerprint density at radius 2 is 2.30 bits per heavy atom.